The zero-order valence-electron chi connectivity index (χ0n) is 10.5. The summed E-state index contributed by atoms with van der Waals surface area (Å²) in [6.07, 6.45) is 5.50. The van der Waals surface area contributed by atoms with Gasteiger partial charge in [0.2, 0.25) is 0 Å². The van der Waals surface area contributed by atoms with Crippen LogP contribution in [0.4, 0.5) is 5.82 Å². The van der Waals surface area contributed by atoms with Gasteiger partial charge in [-0.1, -0.05) is 6.07 Å². The number of nitrogens with zero attached hydrogens (tertiary/aromatic N) is 3. The topological polar surface area (TPSA) is 56.7 Å². The number of aromatic nitrogens is 3. The van der Waals surface area contributed by atoms with E-state index in [1.165, 1.54) is 4.88 Å². The van der Waals surface area contributed by atoms with Gasteiger partial charge in [-0.2, -0.15) is 0 Å². The molecule has 1 atom stereocenters. The van der Waals surface area contributed by atoms with Crippen molar-refractivity contribution < 1.29 is 0 Å². The fraction of sp³-hybridized carbons (Fsp3) is 0.143. The van der Waals surface area contributed by atoms with Gasteiger partial charge in [-0.25, -0.2) is 9.97 Å². The molecular formula is C14H14N4S. The van der Waals surface area contributed by atoms with E-state index in [4.69, 9.17) is 5.73 Å². The molecule has 0 aliphatic rings. The highest BCUT2D eigenvalue weighted by atomic mass is 32.1. The maximum atomic E-state index is 5.62. The molecule has 3 rings (SSSR count). The van der Waals surface area contributed by atoms with Gasteiger partial charge in [0.25, 0.3) is 0 Å². The first-order chi connectivity index (χ1) is 9.25. The van der Waals surface area contributed by atoms with Gasteiger partial charge in [0, 0.05) is 16.6 Å². The second kappa shape index (κ2) is 4.85. The summed E-state index contributed by atoms with van der Waals surface area (Å²) in [5.41, 5.74) is 7.70. The summed E-state index contributed by atoms with van der Waals surface area (Å²) in [4.78, 5) is 9.71. The number of thiophene rings is 1. The van der Waals surface area contributed by atoms with E-state index in [0.29, 0.717) is 5.82 Å². The predicted molar refractivity (Wildman–Crippen MR) is 78.0 cm³/mol. The lowest BCUT2D eigenvalue weighted by atomic mass is 10.2. The molecule has 5 heteroatoms. The number of imidazole rings is 1. The minimum Gasteiger partial charge on any atom is -0.384 e. The van der Waals surface area contributed by atoms with E-state index < -0.39 is 0 Å². The minimum atomic E-state index is 0.259. The molecule has 0 fully saturated rings. The number of anilines is 1. The highest BCUT2D eigenvalue weighted by molar-refractivity contribution is 7.10. The van der Waals surface area contributed by atoms with Gasteiger partial charge >= 0.3 is 0 Å². The van der Waals surface area contributed by atoms with E-state index in [1.807, 2.05) is 24.7 Å². The Bertz CT molecular complexity index is 655. The SMILES string of the molecule is CC(c1cccs1)n1cncc1-c1ccc(N)nc1. The number of pyridine rings is 1. The van der Waals surface area contributed by atoms with Crippen LogP contribution in [0.5, 0.6) is 0 Å². The van der Waals surface area contributed by atoms with E-state index in [2.05, 4.69) is 39.0 Å². The van der Waals surface area contributed by atoms with Crippen molar-refractivity contribution in [2.75, 3.05) is 5.73 Å². The van der Waals surface area contributed by atoms with Crippen LogP contribution in [-0.4, -0.2) is 14.5 Å². The van der Waals surface area contributed by atoms with Crippen molar-refractivity contribution >= 4 is 17.2 Å². The first-order valence-corrected chi connectivity index (χ1v) is 6.91. The Labute approximate surface area is 115 Å². The molecule has 0 saturated carbocycles. The van der Waals surface area contributed by atoms with Crippen molar-refractivity contribution in [3.63, 3.8) is 0 Å². The van der Waals surface area contributed by atoms with E-state index in [9.17, 15) is 0 Å². The Morgan fingerprint density at radius 2 is 2.16 bits per heavy atom. The first kappa shape index (κ1) is 11.9. The zero-order valence-corrected chi connectivity index (χ0v) is 11.3. The number of hydrogen-bond donors (Lipinski definition) is 1. The normalized spacial score (nSPS) is 12.5. The van der Waals surface area contributed by atoms with E-state index >= 15 is 0 Å². The Morgan fingerprint density at radius 1 is 1.26 bits per heavy atom. The van der Waals surface area contributed by atoms with Crippen molar-refractivity contribution in [1.82, 2.24) is 14.5 Å². The zero-order chi connectivity index (χ0) is 13.2. The molecule has 0 aromatic carbocycles. The summed E-state index contributed by atoms with van der Waals surface area (Å²) in [6.45, 7) is 2.17. The van der Waals surface area contributed by atoms with Crippen molar-refractivity contribution in [1.29, 1.82) is 0 Å². The van der Waals surface area contributed by atoms with Gasteiger partial charge < -0.3 is 10.3 Å². The Hall–Kier alpha value is -2.14. The number of rotatable bonds is 3. The lowest BCUT2D eigenvalue weighted by Gasteiger charge is -2.15. The number of nitrogens with two attached hydrogens (primary N) is 1. The lowest BCUT2D eigenvalue weighted by Crippen LogP contribution is -2.05. The van der Waals surface area contributed by atoms with Crippen LogP contribution in [0.15, 0.2) is 48.4 Å². The molecule has 0 aliphatic carbocycles. The van der Waals surface area contributed by atoms with E-state index in [1.54, 1.807) is 17.5 Å². The molecule has 3 aromatic rings. The van der Waals surface area contributed by atoms with Crippen LogP contribution >= 0.6 is 11.3 Å². The van der Waals surface area contributed by atoms with Gasteiger partial charge in [0.05, 0.1) is 24.3 Å². The molecule has 0 spiro atoms. The van der Waals surface area contributed by atoms with Crippen LogP contribution in [0, 0.1) is 0 Å². The summed E-state index contributed by atoms with van der Waals surface area (Å²) < 4.78 is 2.15. The number of hydrogen-bond acceptors (Lipinski definition) is 4. The Kier molecular flexibility index (Phi) is 3.05. The summed E-state index contributed by atoms with van der Waals surface area (Å²) >= 11 is 1.75. The van der Waals surface area contributed by atoms with Gasteiger partial charge in [0.1, 0.15) is 5.82 Å². The smallest absolute Gasteiger partial charge is 0.123 e. The largest absolute Gasteiger partial charge is 0.384 e. The summed E-state index contributed by atoms with van der Waals surface area (Å²) in [7, 11) is 0. The van der Waals surface area contributed by atoms with Crippen molar-refractivity contribution in [3.05, 3.63) is 53.2 Å². The molecule has 3 aromatic heterocycles. The Balaban J connectivity index is 2.01. The van der Waals surface area contributed by atoms with Crippen LogP contribution in [0.2, 0.25) is 0 Å². The highest BCUT2D eigenvalue weighted by Crippen LogP contribution is 2.28. The lowest BCUT2D eigenvalue weighted by molar-refractivity contribution is 0.655. The molecule has 0 amide bonds. The molecule has 0 aliphatic heterocycles. The molecule has 0 saturated heterocycles. The fourth-order valence-electron chi connectivity index (χ4n) is 2.06. The van der Waals surface area contributed by atoms with Crippen molar-refractivity contribution in [3.8, 4) is 11.3 Å². The summed E-state index contributed by atoms with van der Waals surface area (Å²) in [5.74, 6) is 0.529. The maximum Gasteiger partial charge on any atom is 0.123 e. The van der Waals surface area contributed by atoms with E-state index in [0.717, 1.165) is 11.3 Å². The van der Waals surface area contributed by atoms with Crippen LogP contribution in [-0.2, 0) is 0 Å². The van der Waals surface area contributed by atoms with Crippen molar-refractivity contribution in [2.24, 2.45) is 0 Å². The third-order valence-electron chi connectivity index (χ3n) is 3.12. The molecule has 0 bridgehead atoms. The van der Waals surface area contributed by atoms with Gasteiger partial charge in [0.15, 0.2) is 0 Å². The van der Waals surface area contributed by atoms with Crippen LogP contribution in [0.25, 0.3) is 11.3 Å². The minimum absolute atomic E-state index is 0.259. The number of nitrogen functional groups attached to an aromatic ring is 1. The van der Waals surface area contributed by atoms with Crippen LogP contribution < -0.4 is 5.73 Å². The van der Waals surface area contributed by atoms with Crippen LogP contribution in [0.1, 0.15) is 17.8 Å². The average molecular weight is 270 g/mol. The molecular weight excluding hydrogens is 256 g/mol. The second-order valence-corrected chi connectivity index (χ2v) is 5.33. The standard InChI is InChI=1S/C14H14N4S/c1-10(13-3-2-6-19-13)18-9-16-8-12(18)11-4-5-14(15)17-7-11/h2-10H,1H3,(H2,15,17). The fourth-order valence-corrected chi connectivity index (χ4v) is 2.84. The predicted octanol–water partition coefficient (Wildman–Crippen LogP) is 3.20. The molecule has 96 valence electrons. The van der Waals surface area contributed by atoms with Gasteiger partial charge in [-0.15, -0.1) is 11.3 Å². The van der Waals surface area contributed by atoms with Crippen molar-refractivity contribution in [2.45, 2.75) is 13.0 Å². The quantitative estimate of drug-likeness (QED) is 0.795. The third kappa shape index (κ3) is 2.24. The van der Waals surface area contributed by atoms with Crippen LogP contribution in [0.3, 0.4) is 0 Å². The monoisotopic (exact) mass is 270 g/mol. The van der Waals surface area contributed by atoms with Gasteiger partial charge in [-0.3, -0.25) is 0 Å². The maximum absolute atomic E-state index is 5.62. The molecule has 19 heavy (non-hydrogen) atoms. The third-order valence-corrected chi connectivity index (χ3v) is 4.16. The molecule has 3 heterocycles. The van der Waals surface area contributed by atoms with E-state index in [-0.39, 0.29) is 6.04 Å². The second-order valence-electron chi connectivity index (χ2n) is 4.35. The molecule has 0 radical (unpaired) electrons. The molecule has 2 N–H and O–H groups in total. The Morgan fingerprint density at radius 3 is 2.84 bits per heavy atom. The average Bonchev–Trinajstić information content (AvgIpc) is 3.10. The summed E-state index contributed by atoms with van der Waals surface area (Å²) in [5, 5.41) is 2.09. The first-order valence-electron chi connectivity index (χ1n) is 6.03. The molecule has 4 nitrogen and oxygen atoms in total. The van der Waals surface area contributed by atoms with Gasteiger partial charge in [-0.05, 0) is 30.5 Å². The molecule has 1 unspecified atom stereocenters. The summed E-state index contributed by atoms with van der Waals surface area (Å²) in [6, 6.07) is 8.24. The highest BCUT2D eigenvalue weighted by Gasteiger charge is 2.13.